The zero-order valence-corrected chi connectivity index (χ0v) is 8.35. The minimum absolute atomic E-state index is 0.266. The van der Waals surface area contributed by atoms with E-state index >= 15 is 0 Å². The first-order valence-electron chi connectivity index (χ1n) is 5.19. The Hall–Kier alpha value is -0.840. The highest BCUT2D eigenvalue weighted by atomic mass is 16.9. The molecule has 1 rings (SSSR count). The van der Waals surface area contributed by atoms with Gasteiger partial charge < -0.3 is 10.6 Å². The summed E-state index contributed by atoms with van der Waals surface area (Å²) >= 11 is 0. The van der Waals surface area contributed by atoms with Gasteiger partial charge in [0.2, 0.25) is 0 Å². The standard InChI is InChI=1S/C9H18N2O3/c10-6-5-8-1-3-9(4-2-8)7-14-11(12)13/h8-9H,1-7,10H2. The molecule has 14 heavy (non-hydrogen) atoms. The van der Waals surface area contributed by atoms with E-state index in [0.29, 0.717) is 5.92 Å². The fourth-order valence-corrected chi connectivity index (χ4v) is 2.09. The van der Waals surface area contributed by atoms with Gasteiger partial charge >= 0.3 is 0 Å². The van der Waals surface area contributed by atoms with E-state index in [-0.39, 0.29) is 6.61 Å². The first-order valence-corrected chi connectivity index (χ1v) is 5.19. The molecule has 0 amide bonds. The molecule has 1 aliphatic rings. The zero-order valence-electron chi connectivity index (χ0n) is 8.35. The maximum Gasteiger partial charge on any atom is 0.294 e. The normalized spacial score (nSPS) is 27.2. The summed E-state index contributed by atoms with van der Waals surface area (Å²) in [7, 11) is 0. The third-order valence-corrected chi connectivity index (χ3v) is 2.96. The highest BCUT2D eigenvalue weighted by Gasteiger charge is 2.21. The molecular formula is C9H18N2O3. The SMILES string of the molecule is NCCC1CCC(CO[N+](=O)[O-])CC1. The molecule has 5 heteroatoms. The lowest BCUT2D eigenvalue weighted by atomic mass is 9.81. The lowest BCUT2D eigenvalue weighted by Gasteiger charge is -2.27. The number of nitrogens with two attached hydrogens (primary N) is 1. The van der Waals surface area contributed by atoms with Crippen molar-refractivity contribution in [3.8, 4) is 0 Å². The van der Waals surface area contributed by atoms with Crippen molar-refractivity contribution in [2.45, 2.75) is 32.1 Å². The Morgan fingerprint density at radius 3 is 2.36 bits per heavy atom. The minimum Gasteiger partial charge on any atom is -0.330 e. The molecule has 0 aromatic rings. The number of rotatable bonds is 5. The van der Waals surface area contributed by atoms with Crippen molar-refractivity contribution in [3.63, 3.8) is 0 Å². The van der Waals surface area contributed by atoms with Crippen LogP contribution in [-0.4, -0.2) is 18.2 Å². The molecule has 0 saturated heterocycles. The van der Waals surface area contributed by atoms with Gasteiger partial charge in [-0.15, -0.1) is 10.1 Å². The lowest BCUT2D eigenvalue weighted by Crippen LogP contribution is -2.21. The van der Waals surface area contributed by atoms with Crippen LogP contribution in [0.2, 0.25) is 0 Å². The van der Waals surface area contributed by atoms with E-state index < -0.39 is 5.09 Å². The quantitative estimate of drug-likeness (QED) is 0.539. The average molecular weight is 202 g/mol. The summed E-state index contributed by atoms with van der Waals surface area (Å²) in [4.78, 5) is 14.3. The number of hydrogen-bond acceptors (Lipinski definition) is 4. The van der Waals surface area contributed by atoms with E-state index in [1.165, 1.54) is 0 Å². The summed E-state index contributed by atoms with van der Waals surface area (Å²) in [6.07, 6.45) is 5.45. The van der Waals surface area contributed by atoms with Crippen molar-refractivity contribution >= 4 is 0 Å². The predicted octanol–water partition coefficient (Wildman–Crippen LogP) is 1.35. The fraction of sp³-hybridized carbons (Fsp3) is 1.00. The van der Waals surface area contributed by atoms with Crippen LogP contribution in [0.25, 0.3) is 0 Å². The van der Waals surface area contributed by atoms with Gasteiger partial charge in [0.05, 0.1) is 6.61 Å². The number of nitrogens with zero attached hydrogens (tertiary/aromatic N) is 1. The van der Waals surface area contributed by atoms with Gasteiger partial charge in [-0.25, -0.2) is 0 Å². The van der Waals surface area contributed by atoms with E-state index in [4.69, 9.17) is 5.73 Å². The Morgan fingerprint density at radius 1 is 1.29 bits per heavy atom. The summed E-state index contributed by atoms with van der Waals surface area (Å²) < 4.78 is 0. The van der Waals surface area contributed by atoms with Crippen LogP contribution in [0.4, 0.5) is 0 Å². The largest absolute Gasteiger partial charge is 0.330 e. The third kappa shape index (κ3) is 3.91. The molecule has 0 atom stereocenters. The molecule has 0 spiro atoms. The summed E-state index contributed by atoms with van der Waals surface area (Å²) in [5.41, 5.74) is 5.48. The molecule has 0 bridgehead atoms. The lowest BCUT2D eigenvalue weighted by molar-refractivity contribution is -0.759. The summed E-state index contributed by atoms with van der Waals surface area (Å²) in [6, 6.07) is 0. The molecule has 0 heterocycles. The maximum atomic E-state index is 9.98. The molecule has 1 saturated carbocycles. The van der Waals surface area contributed by atoms with Crippen LogP contribution in [0.15, 0.2) is 0 Å². The molecule has 0 aliphatic heterocycles. The molecule has 0 aromatic heterocycles. The average Bonchev–Trinajstić information content (AvgIpc) is 2.17. The van der Waals surface area contributed by atoms with Crippen LogP contribution in [0.3, 0.4) is 0 Å². The van der Waals surface area contributed by atoms with Crippen molar-refractivity contribution in [3.05, 3.63) is 10.1 Å². The first kappa shape index (κ1) is 11.2. The van der Waals surface area contributed by atoms with Crippen molar-refractivity contribution in [2.75, 3.05) is 13.2 Å². The molecule has 1 fully saturated rings. The molecule has 82 valence electrons. The molecule has 0 radical (unpaired) electrons. The van der Waals surface area contributed by atoms with E-state index in [2.05, 4.69) is 4.84 Å². The predicted molar refractivity (Wildman–Crippen MR) is 52.1 cm³/mol. The Balaban J connectivity index is 2.12. The Bertz CT molecular complexity index is 179. The van der Waals surface area contributed by atoms with Gasteiger partial charge in [-0.3, -0.25) is 0 Å². The third-order valence-electron chi connectivity index (χ3n) is 2.96. The van der Waals surface area contributed by atoms with E-state index in [9.17, 15) is 10.1 Å². The van der Waals surface area contributed by atoms with Gasteiger partial charge in [0, 0.05) is 0 Å². The fourth-order valence-electron chi connectivity index (χ4n) is 2.09. The molecule has 1 aliphatic carbocycles. The molecule has 0 unspecified atom stereocenters. The van der Waals surface area contributed by atoms with Crippen molar-refractivity contribution < 1.29 is 9.92 Å². The highest BCUT2D eigenvalue weighted by molar-refractivity contribution is 4.72. The van der Waals surface area contributed by atoms with Crippen LogP contribution in [-0.2, 0) is 4.84 Å². The number of hydrogen-bond donors (Lipinski definition) is 1. The second kappa shape index (κ2) is 5.80. The van der Waals surface area contributed by atoms with Gasteiger partial charge in [0.1, 0.15) is 0 Å². The Kier molecular flexibility index (Phi) is 4.65. The smallest absolute Gasteiger partial charge is 0.294 e. The molecule has 5 nitrogen and oxygen atoms in total. The molecule has 0 aromatic carbocycles. The van der Waals surface area contributed by atoms with Gasteiger partial charge in [0.15, 0.2) is 0 Å². The Morgan fingerprint density at radius 2 is 1.86 bits per heavy atom. The summed E-state index contributed by atoms with van der Waals surface area (Å²) in [5.74, 6) is 1.10. The highest BCUT2D eigenvalue weighted by Crippen LogP contribution is 2.30. The zero-order chi connectivity index (χ0) is 10.4. The van der Waals surface area contributed by atoms with Crippen LogP contribution >= 0.6 is 0 Å². The van der Waals surface area contributed by atoms with Crippen molar-refractivity contribution in [2.24, 2.45) is 17.6 Å². The van der Waals surface area contributed by atoms with Gasteiger partial charge in [-0.1, -0.05) is 12.8 Å². The van der Waals surface area contributed by atoms with E-state index in [0.717, 1.165) is 44.6 Å². The summed E-state index contributed by atoms with van der Waals surface area (Å²) in [6.45, 7) is 1.02. The van der Waals surface area contributed by atoms with Crippen LogP contribution < -0.4 is 5.73 Å². The van der Waals surface area contributed by atoms with E-state index in [1.807, 2.05) is 0 Å². The monoisotopic (exact) mass is 202 g/mol. The van der Waals surface area contributed by atoms with Crippen molar-refractivity contribution in [1.29, 1.82) is 0 Å². The van der Waals surface area contributed by atoms with Crippen LogP contribution in [0.5, 0.6) is 0 Å². The second-order valence-corrected chi connectivity index (χ2v) is 3.98. The molecular weight excluding hydrogens is 184 g/mol. The van der Waals surface area contributed by atoms with Gasteiger partial charge in [-0.05, 0) is 37.6 Å². The van der Waals surface area contributed by atoms with Crippen LogP contribution in [0.1, 0.15) is 32.1 Å². The minimum atomic E-state index is -0.702. The van der Waals surface area contributed by atoms with Crippen LogP contribution in [0, 0.1) is 22.0 Å². The second-order valence-electron chi connectivity index (χ2n) is 3.98. The first-order chi connectivity index (χ1) is 6.72. The van der Waals surface area contributed by atoms with Crippen molar-refractivity contribution in [1.82, 2.24) is 0 Å². The Labute approximate surface area is 83.7 Å². The topological polar surface area (TPSA) is 78.4 Å². The molecule has 2 N–H and O–H groups in total. The maximum absolute atomic E-state index is 9.98. The van der Waals surface area contributed by atoms with Gasteiger partial charge in [0.25, 0.3) is 5.09 Å². The van der Waals surface area contributed by atoms with Gasteiger partial charge in [-0.2, -0.15) is 0 Å². The van der Waals surface area contributed by atoms with E-state index in [1.54, 1.807) is 0 Å². The summed E-state index contributed by atoms with van der Waals surface area (Å²) in [5, 5.41) is 9.27.